The number of benzene rings is 10. The molecule has 0 aliphatic heterocycles. The molecule has 0 aromatic heterocycles. The van der Waals surface area contributed by atoms with Gasteiger partial charge in [0.2, 0.25) is 0 Å². The zero-order chi connectivity index (χ0) is 39.9. The first kappa shape index (κ1) is 35.4. The first-order valence-corrected chi connectivity index (χ1v) is 20.8. The van der Waals surface area contributed by atoms with Crippen LogP contribution in [0.5, 0.6) is 0 Å². The zero-order valence-corrected chi connectivity index (χ0v) is 33.1. The average Bonchev–Trinajstić information content (AvgIpc) is 3.64. The van der Waals surface area contributed by atoms with Crippen molar-refractivity contribution in [3.8, 4) is 44.5 Å². The van der Waals surface area contributed by atoms with Gasteiger partial charge >= 0.3 is 0 Å². The lowest BCUT2D eigenvalue weighted by Crippen LogP contribution is -2.28. The Labute approximate surface area is 352 Å². The molecule has 0 radical (unpaired) electrons. The first-order valence-electron chi connectivity index (χ1n) is 20.8. The van der Waals surface area contributed by atoms with Crippen molar-refractivity contribution in [2.24, 2.45) is 0 Å². The van der Waals surface area contributed by atoms with Crippen LogP contribution in [-0.4, -0.2) is 0 Å². The molecule has 1 nitrogen and oxygen atoms in total. The Hall–Kier alpha value is -7.74. The number of rotatable bonds is 8. The molecule has 0 bridgehead atoms. The van der Waals surface area contributed by atoms with Crippen LogP contribution in [0.1, 0.15) is 22.3 Å². The van der Waals surface area contributed by atoms with Crippen molar-refractivity contribution >= 4 is 27.8 Å². The molecule has 0 amide bonds. The molecule has 0 saturated carbocycles. The topological polar surface area (TPSA) is 3.24 Å². The molecule has 0 atom stereocenters. The van der Waals surface area contributed by atoms with Gasteiger partial charge in [-0.05, 0) is 120 Å². The molecule has 282 valence electrons. The van der Waals surface area contributed by atoms with E-state index in [1.165, 1.54) is 77.5 Å². The van der Waals surface area contributed by atoms with E-state index in [2.05, 4.69) is 254 Å². The third-order valence-corrected chi connectivity index (χ3v) is 12.3. The number of nitrogens with zero attached hydrogens (tertiary/aromatic N) is 1. The number of hydrogen-bond donors (Lipinski definition) is 0. The highest BCUT2D eigenvalue weighted by Gasteiger charge is 2.47. The highest BCUT2D eigenvalue weighted by molar-refractivity contribution is 6.09. The molecule has 1 heteroatoms. The second kappa shape index (κ2) is 14.9. The van der Waals surface area contributed by atoms with E-state index in [9.17, 15) is 0 Å². The van der Waals surface area contributed by atoms with Gasteiger partial charge in [-0.1, -0.05) is 206 Å². The zero-order valence-electron chi connectivity index (χ0n) is 33.1. The van der Waals surface area contributed by atoms with Crippen molar-refractivity contribution in [2.45, 2.75) is 5.41 Å². The Balaban J connectivity index is 1.18. The third kappa shape index (κ3) is 5.86. The Morgan fingerprint density at radius 3 is 1.20 bits per heavy atom. The van der Waals surface area contributed by atoms with Gasteiger partial charge < -0.3 is 4.90 Å². The minimum Gasteiger partial charge on any atom is -0.310 e. The largest absolute Gasteiger partial charge is 0.310 e. The number of hydrogen-bond acceptors (Lipinski definition) is 1. The summed E-state index contributed by atoms with van der Waals surface area (Å²) in [6, 6.07) is 91.0. The van der Waals surface area contributed by atoms with Gasteiger partial charge in [0.1, 0.15) is 0 Å². The lowest BCUT2D eigenvalue weighted by molar-refractivity contribution is 0.775. The summed E-state index contributed by atoms with van der Waals surface area (Å²) in [5.41, 5.74) is 17.7. The van der Waals surface area contributed by atoms with Crippen LogP contribution in [0.15, 0.2) is 249 Å². The summed E-state index contributed by atoms with van der Waals surface area (Å²) in [7, 11) is 0. The van der Waals surface area contributed by atoms with Gasteiger partial charge in [-0.15, -0.1) is 0 Å². The standard InChI is InChI=1S/C59H41N/c1-6-18-42(19-7-1)44-30-34-49(35-31-44)60(50-36-32-45(33-37-50)43-20-8-2-9-21-43)51-38-39-53-55(40-51)54(46-22-10-3-11-23-46)41-56-52-28-16-17-29-57(52)59(58(53)56,47-24-12-4-13-25-47)48-26-14-5-15-27-48/h1-41H. The van der Waals surface area contributed by atoms with Crippen LogP contribution in [0.2, 0.25) is 0 Å². The molecule has 10 aromatic carbocycles. The summed E-state index contributed by atoms with van der Waals surface area (Å²) in [5, 5.41) is 2.46. The lowest BCUT2D eigenvalue weighted by atomic mass is 9.66. The van der Waals surface area contributed by atoms with Crippen LogP contribution >= 0.6 is 0 Å². The quantitative estimate of drug-likeness (QED) is 0.149. The van der Waals surface area contributed by atoms with Crippen molar-refractivity contribution in [3.63, 3.8) is 0 Å². The van der Waals surface area contributed by atoms with E-state index in [0.717, 1.165) is 17.1 Å². The van der Waals surface area contributed by atoms with Gasteiger partial charge in [0.25, 0.3) is 0 Å². The Morgan fingerprint density at radius 1 is 0.267 bits per heavy atom. The summed E-state index contributed by atoms with van der Waals surface area (Å²) in [4.78, 5) is 2.40. The van der Waals surface area contributed by atoms with E-state index in [1.807, 2.05) is 0 Å². The second-order valence-electron chi connectivity index (χ2n) is 15.6. The van der Waals surface area contributed by atoms with Crippen molar-refractivity contribution in [1.82, 2.24) is 0 Å². The molecule has 0 fully saturated rings. The van der Waals surface area contributed by atoms with Gasteiger partial charge in [0.05, 0.1) is 5.41 Å². The van der Waals surface area contributed by atoms with Crippen LogP contribution in [0.3, 0.4) is 0 Å². The molecule has 0 spiro atoms. The van der Waals surface area contributed by atoms with Gasteiger partial charge in [0.15, 0.2) is 0 Å². The normalized spacial score (nSPS) is 12.5. The van der Waals surface area contributed by atoms with Crippen LogP contribution in [0.25, 0.3) is 55.3 Å². The summed E-state index contributed by atoms with van der Waals surface area (Å²) < 4.78 is 0. The van der Waals surface area contributed by atoms with E-state index in [0.29, 0.717) is 0 Å². The second-order valence-corrected chi connectivity index (χ2v) is 15.6. The molecule has 1 aliphatic rings. The Kier molecular flexibility index (Phi) is 8.79. The third-order valence-electron chi connectivity index (χ3n) is 12.3. The minimum absolute atomic E-state index is 0.524. The Bertz CT molecular complexity index is 2960. The molecular formula is C59H41N. The maximum Gasteiger partial charge on any atom is 0.0719 e. The molecular weight excluding hydrogens is 723 g/mol. The first-order chi connectivity index (χ1) is 29.8. The number of fused-ring (bicyclic) bond motifs is 5. The highest BCUT2D eigenvalue weighted by Crippen LogP contribution is 2.59. The molecule has 0 saturated heterocycles. The molecule has 1 aliphatic carbocycles. The van der Waals surface area contributed by atoms with Crippen LogP contribution in [0, 0.1) is 0 Å². The SMILES string of the molecule is c1ccc(-c2ccc(N(c3ccc(-c4ccccc4)cc3)c3ccc4c5c(cc(-c6ccccc6)c4c3)-c3ccccc3C5(c3ccccc3)c3ccccc3)cc2)cc1. The van der Waals surface area contributed by atoms with Gasteiger partial charge in [0, 0.05) is 17.1 Å². The predicted octanol–water partition coefficient (Wildman–Crippen LogP) is 15.7. The van der Waals surface area contributed by atoms with Gasteiger partial charge in [-0.3, -0.25) is 0 Å². The summed E-state index contributed by atoms with van der Waals surface area (Å²) in [6.45, 7) is 0. The molecule has 0 heterocycles. The van der Waals surface area contributed by atoms with Crippen molar-refractivity contribution < 1.29 is 0 Å². The minimum atomic E-state index is -0.524. The van der Waals surface area contributed by atoms with Crippen molar-refractivity contribution in [3.05, 3.63) is 271 Å². The fraction of sp³-hybridized carbons (Fsp3) is 0.0169. The average molecular weight is 764 g/mol. The molecule has 0 unspecified atom stereocenters. The summed E-state index contributed by atoms with van der Waals surface area (Å²) >= 11 is 0. The van der Waals surface area contributed by atoms with Crippen LogP contribution in [-0.2, 0) is 5.41 Å². The molecule has 0 N–H and O–H groups in total. The molecule has 10 aromatic rings. The van der Waals surface area contributed by atoms with E-state index in [4.69, 9.17) is 0 Å². The summed E-state index contributed by atoms with van der Waals surface area (Å²) in [6.07, 6.45) is 0. The lowest BCUT2D eigenvalue weighted by Gasteiger charge is -2.35. The summed E-state index contributed by atoms with van der Waals surface area (Å²) in [5.74, 6) is 0. The smallest absolute Gasteiger partial charge is 0.0719 e. The van der Waals surface area contributed by atoms with Gasteiger partial charge in [-0.2, -0.15) is 0 Å². The van der Waals surface area contributed by atoms with Crippen molar-refractivity contribution in [2.75, 3.05) is 4.90 Å². The van der Waals surface area contributed by atoms with Gasteiger partial charge in [-0.25, -0.2) is 0 Å². The van der Waals surface area contributed by atoms with E-state index in [-0.39, 0.29) is 0 Å². The number of anilines is 3. The monoisotopic (exact) mass is 763 g/mol. The van der Waals surface area contributed by atoms with E-state index in [1.54, 1.807) is 0 Å². The molecule has 60 heavy (non-hydrogen) atoms. The van der Waals surface area contributed by atoms with E-state index < -0.39 is 5.41 Å². The van der Waals surface area contributed by atoms with Crippen molar-refractivity contribution in [1.29, 1.82) is 0 Å². The highest BCUT2D eigenvalue weighted by atomic mass is 15.1. The van der Waals surface area contributed by atoms with E-state index >= 15 is 0 Å². The van der Waals surface area contributed by atoms with Crippen LogP contribution < -0.4 is 4.90 Å². The fourth-order valence-corrected chi connectivity index (χ4v) is 9.66. The van der Waals surface area contributed by atoms with Crippen LogP contribution in [0.4, 0.5) is 17.1 Å². The fourth-order valence-electron chi connectivity index (χ4n) is 9.66. The maximum atomic E-state index is 2.47. The maximum absolute atomic E-state index is 2.47. The molecule has 11 rings (SSSR count). The Morgan fingerprint density at radius 2 is 0.683 bits per heavy atom. The predicted molar refractivity (Wildman–Crippen MR) is 252 cm³/mol.